The minimum Gasteiger partial charge on any atom is -0.388 e. The van der Waals surface area contributed by atoms with Crippen molar-refractivity contribution in [3.63, 3.8) is 0 Å². The molecule has 11 heavy (non-hydrogen) atoms. The maximum absolute atomic E-state index is 10.5. The van der Waals surface area contributed by atoms with E-state index in [1.165, 1.54) is 0 Å². The summed E-state index contributed by atoms with van der Waals surface area (Å²) in [5.41, 5.74) is 2.22. The molecule has 0 aliphatic heterocycles. The van der Waals surface area contributed by atoms with E-state index in [2.05, 4.69) is 12.2 Å². The van der Waals surface area contributed by atoms with E-state index in [1.54, 1.807) is 7.05 Å². The van der Waals surface area contributed by atoms with Crippen LogP contribution in [0.2, 0.25) is 0 Å². The van der Waals surface area contributed by atoms with Crippen LogP contribution < -0.4 is 5.32 Å². The molecule has 57 valence electrons. The van der Waals surface area contributed by atoms with Crippen molar-refractivity contribution in [2.75, 3.05) is 12.4 Å². The van der Waals surface area contributed by atoms with Gasteiger partial charge in [0, 0.05) is 18.3 Å². The molecular formula is C9H10NO. The van der Waals surface area contributed by atoms with Crippen LogP contribution in [-0.4, -0.2) is 13.3 Å². The van der Waals surface area contributed by atoms with Gasteiger partial charge in [-0.1, -0.05) is 12.1 Å². The topological polar surface area (TPSA) is 29.1 Å². The second-order valence-corrected chi connectivity index (χ2v) is 2.25. The summed E-state index contributed by atoms with van der Waals surface area (Å²) in [7, 11) is 1.78. The van der Waals surface area contributed by atoms with E-state index in [9.17, 15) is 4.79 Å². The van der Waals surface area contributed by atoms with Crippen molar-refractivity contribution in [1.82, 2.24) is 0 Å². The molecule has 0 aliphatic carbocycles. The molecule has 0 spiro atoms. The molecule has 1 N–H and O–H groups in total. The Balaban J connectivity index is 3.24. The third kappa shape index (κ3) is 1.40. The fourth-order valence-electron chi connectivity index (χ4n) is 0.970. The predicted octanol–water partition coefficient (Wildman–Crippen LogP) is 1.72. The first-order valence-electron chi connectivity index (χ1n) is 3.37. The van der Waals surface area contributed by atoms with Gasteiger partial charge in [0.25, 0.3) is 0 Å². The molecule has 1 aromatic carbocycles. The van der Waals surface area contributed by atoms with Crippen LogP contribution >= 0.6 is 0 Å². The van der Waals surface area contributed by atoms with Gasteiger partial charge in [-0.15, -0.1) is 0 Å². The molecule has 2 heteroatoms. The number of anilines is 1. The zero-order valence-corrected chi connectivity index (χ0v) is 6.42. The van der Waals surface area contributed by atoms with Crippen LogP contribution in [0.5, 0.6) is 0 Å². The van der Waals surface area contributed by atoms with E-state index in [4.69, 9.17) is 0 Å². The maximum atomic E-state index is 10.5. The first kappa shape index (κ1) is 7.79. The molecule has 0 bridgehead atoms. The summed E-state index contributed by atoms with van der Waals surface area (Å²) in [5, 5.41) is 2.92. The normalized spacial score (nSPS) is 9.27. The molecule has 0 atom stereocenters. The number of aldehydes is 1. The monoisotopic (exact) mass is 148 g/mol. The molecule has 0 unspecified atom stereocenters. The maximum Gasteiger partial charge on any atom is 0.152 e. The smallest absolute Gasteiger partial charge is 0.152 e. The SMILES string of the molecule is [CH2]c1cccc(NC)c1C=O. The quantitative estimate of drug-likeness (QED) is 0.647. The lowest BCUT2D eigenvalue weighted by atomic mass is 10.1. The van der Waals surface area contributed by atoms with Gasteiger partial charge in [-0.25, -0.2) is 0 Å². The molecule has 2 nitrogen and oxygen atoms in total. The van der Waals surface area contributed by atoms with Crippen LogP contribution in [0, 0.1) is 6.92 Å². The summed E-state index contributed by atoms with van der Waals surface area (Å²) in [6.45, 7) is 3.73. The van der Waals surface area contributed by atoms with Gasteiger partial charge in [0.2, 0.25) is 0 Å². The largest absolute Gasteiger partial charge is 0.388 e. The van der Waals surface area contributed by atoms with Crippen LogP contribution in [0.15, 0.2) is 18.2 Å². The lowest BCUT2D eigenvalue weighted by Gasteiger charge is -2.04. The zero-order chi connectivity index (χ0) is 8.27. The minimum absolute atomic E-state index is 0.634. The van der Waals surface area contributed by atoms with E-state index in [-0.39, 0.29) is 0 Å². The summed E-state index contributed by atoms with van der Waals surface area (Å²) in [5.74, 6) is 0. The van der Waals surface area contributed by atoms with Crippen molar-refractivity contribution in [3.8, 4) is 0 Å². The zero-order valence-electron chi connectivity index (χ0n) is 6.42. The van der Waals surface area contributed by atoms with E-state index in [0.717, 1.165) is 17.5 Å². The molecule has 0 amide bonds. The van der Waals surface area contributed by atoms with Crippen LogP contribution in [0.3, 0.4) is 0 Å². The van der Waals surface area contributed by atoms with Gasteiger partial charge in [0.15, 0.2) is 6.29 Å². The Morgan fingerprint density at radius 3 is 2.73 bits per heavy atom. The molecule has 1 rings (SSSR count). The minimum atomic E-state index is 0.634. The molecule has 0 aliphatic rings. The molecule has 0 saturated heterocycles. The van der Waals surface area contributed by atoms with Gasteiger partial charge in [-0.3, -0.25) is 4.79 Å². The van der Waals surface area contributed by atoms with Gasteiger partial charge in [-0.2, -0.15) is 0 Å². The highest BCUT2D eigenvalue weighted by atomic mass is 16.1. The van der Waals surface area contributed by atoms with Crippen LogP contribution in [-0.2, 0) is 0 Å². The van der Waals surface area contributed by atoms with Crippen LogP contribution in [0.4, 0.5) is 5.69 Å². The summed E-state index contributed by atoms with van der Waals surface area (Å²) in [6.07, 6.45) is 0.814. The first-order valence-corrected chi connectivity index (χ1v) is 3.37. The number of carbonyl (C=O) groups is 1. The van der Waals surface area contributed by atoms with E-state index in [1.807, 2.05) is 18.2 Å². The highest BCUT2D eigenvalue weighted by Gasteiger charge is 2.00. The average Bonchev–Trinajstić information content (AvgIpc) is 2.04. The Labute approximate surface area is 66.2 Å². The molecule has 0 saturated carbocycles. The van der Waals surface area contributed by atoms with Gasteiger partial charge in [-0.05, 0) is 18.6 Å². The summed E-state index contributed by atoms with van der Waals surface area (Å²) in [4.78, 5) is 10.5. The summed E-state index contributed by atoms with van der Waals surface area (Å²) >= 11 is 0. The second-order valence-electron chi connectivity index (χ2n) is 2.25. The predicted molar refractivity (Wildman–Crippen MR) is 45.8 cm³/mol. The van der Waals surface area contributed by atoms with Crippen molar-refractivity contribution in [2.24, 2.45) is 0 Å². The lowest BCUT2D eigenvalue weighted by Crippen LogP contribution is -1.95. The first-order chi connectivity index (χ1) is 5.29. The number of rotatable bonds is 2. The molecule has 0 fully saturated rings. The number of nitrogens with one attached hydrogen (secondary N) is 1. The van der Waals surface area contributed by atoms with Crippen LogP contribution in [0.25, 0.3) is 0 Å². The van der Waals surface area contributed by atoms with Crippen molar-refractivity contribution < 1.29 is 4.79 Å². The Kier molecular flexibility index (Phi) is 2.26. The number of benzene rings is 1. The number of carbonyl (C=O) groups excluding carboxylic acids is 1. The van der Waals surface area contributed by atoms with E-state index < -0.39 is 0 Å². The van der Waals surface area contributed by atoms with Crippen molar-refractivity contribution >= 4 is 12.0 Å². The summed E-state index contributed by atoms with van der Waals surface area (Å²) in [6, 6.07) is 5.52. The highest BCUT2D eigenvalue weighted by molar-refractivity contribution is 5.86. The molecule has 0 aromatic heterocycles. The average molecular weight is 148 g/mol. The third-order valence-electron chi connectivity index (χ3n) is 1.58. The Morgan fingerprint density at radius 2 is 2.27 bits per heavy atom. The second kappa shape index (κ2) is 3.19. The molecule has 1 aromatic rings. The highest BCUT2D eigenvalue weighted by Crippen LogP contribution is 2.15. The molecular weight excluding hydrogens is 138 g/mol. The Morgan fingerprint density at radius 1 is 1.55 bits per heavy atom. The Hall–Kier alpha value is -1.31. The van der Waals surface area contributed by atoms with Crippen molar-refractivity contribution in [1.29, 1.82) is 0 Å². The molecule has 1 radical (unpaired) electrons. The van der Waals surface area contributed by atoms with Crippen LogP contribution in [0.1, 0.15) is 15.9 Å². The Bertz CT molecular complexity index is 268. The molecule has 0 heterocycles. The van der Waals surface area contributed by atoms with Gasteiger partial charge < -0.3 is 5.32 Å². The van der Waals surface area contributed by atoms with Gasteiger partial charge in [0.1, 0.15) is 0 Å². The fourth-order valence-corrected chi connectivity index (χ4v) is 0.970. The fraction of sp³-hybridized carbons (Fsp3) is 0.111. The van der Waals surface area contributed by atoms with Gasteiger partial charge in [0.05, 0.1) is 0 Å². The summed E-state index contributed by atoms with van der Waals surface area (Å²) < 4.78 is 0. The third-order valence-corrected chi connectivity index (χ3v) is 1.58. The standard InChI is InChI=1S/C9H10NO/c1-7-4-3-5-9(10-2)8(7)6-11/h3-6,10H,1H2,2H3. The number of hydrogen-bond donors (Lipinski definition) is 1. The number of hydrogen-bond acceptors (Lipinski definition) is 2. The van der Waals surface area contributed by atoms with Crippen molar-refractivity contribution in [2.45, 2.75) is 0 Å². The lowest BCUT2D eigenvalue weighted by molar-refractivity contribution is 0.112. The van der Waals surface area contributed by atoms with Crippen molar-refractivity contribution in [3.05, 3.63) is 36.2 Å². The van der Waals surface area contributed by atoms with E-state index >= 15 is 0 Å². The van der Waals surface area contributed by atoms with Gasteiger partial charge >= 0.3 is 0 Å². The van der Waals surface area contributed by atoms with E-state index in [0.29, 0.717) is 5.56 Å².